The van der Waals surface area contributed by atoms with E-state index in [1.165, 1.54) is 0 Å². The van der Waals surface area contributed by atoms with E-state index >= 15 is 0 Å². The predicted molar refractivity (Wildman–Crippen MR) is 116 cm³/mol. The number of amides is 1. The van der Waals surface area contributed by atoms with Crippen LogP contribution in [-0.2, 0) is 6.54 Å². The molecule has 2 aromatic heterocycles. The molecule has 3 heterocycles. The molecule has 4 aromatic rings. The van der Waals surface area contributed by atoms with E-state index in [0.717, 1.165) is 11.1 Å². The minimum atomic E-state index is -0.413. The summed E-state index contributed by atoms with van der Waals surface area (Å²) in [5.74, 6) is 1.16. The molecule has 10 heteroatoms. The van der Waals surface area contributed by atoms with Crippen molar-refractivity contribution in [3.63, 3.8) is 0 Å². The number of nitrogens with one attached hydrogen (secondary N) is 2. The van der Waals surface area contributed by atoms with E-state index in [-0.39, 0.29) is 18.3 Å². The third-order valence-corrected chi connectivity index (χ3v) is 5.38. The number of benzene rings is 2. The second kappa shape index (κ2) is 7.98. The number of aromatic amines is 1. The van der Waals surface area contributed by atoms with E-state index in [1.54, 1.807) is 29.1 Å². The van der Waals surface area contributed by atoms with Crippen LogP contribution in [0.5, 0.6) is 11.5 Å². The number of rotatable bonds is 5. The van der Waals surface area contributed by atoms with Gasteiger partial charge in [-0.05, 0) is 35.9 Å². The fourth-order valence-electron chi connectivity index (χ4n) is 3.18. The zero-order valence-electron chi connectivity index (χ0n) is 15.9. The van der Waals surface area contributed by atoms with Crippen LogP contribution in [0.2, 0.25) is 10.0 Å². The van der Waals surface area contributed by atoms with Gasteiger partial charge in [0.1, 0.15) is 10.7 Å². The first-order chi connectivity index (χ1) is 15.1. The van der Waals surface area contributed by atoms with Gasteiger partial charge >= 0.3 is 0 Å². The van der Waals surface area contributed by atoms with Gasteiger partial charge in [-0.1, -0.05) is 41.4 Å². The summed E-state index contributed by atoms with van der Waals surface area (Å²) in [7, 11) is 0. The Kier molecular flexibility index (Phi) is 5.01. The minimum Gasteiger partial charge on any atom is -0.454 e. The van der Waals surface area contributed by atoms with Crippen molar-refractivity contribution in [2.75, 3.05) is 12.1 Å². The van der Waals surface area contributed by atoms with Crippen molar-refractivity contribution in [3.05, 3.63) is 76.0 Å². The Hall–Kier alpha value is -3.49. The normalized spacial score (nSPS) is 12.2. The van der Waals surface area contributed by atoms with Crippen molar-refractivity contribution in [3.8, 4) is 22.8 Å². The number of carbonyl (C=O) groups excluding carboxylic acids is 1. The van der Waals surface area contributed by atoms with Crippen molar-refractivity contribution in [1.29, 1.82) is 0 Å². The van der Waals surface area contributed by atoms with Crippen LogP contribution in [0.4, 0.5) is 5.82 Å². The largest absolute Gasteiger partial charge is 0.454 e. The maximum absolute atomic E-state index is 12.7. The fourth-order valence-corrected chi connectivity index (χ4v) is 3.57. The first-order valence-electron chi connectivity index (χ1n) is 9.30. The lowest BCUT2D eigenvalue weighted by atomic mass is 10.1. The van der Waals surface area contributed by atoms with Crippen LogP contribution in [0.25, 0.3) is 11.3 Å². The monoisotopic (exact) mass is 455 g/mol. The predicted octanol–water partition coefficient (Wildman–Crippen LogP) is 4.61. The standard InChI is InChI=1S/C21H15Cl2N5O3/c22-14-4-2-1-3-13(14)9-28-10-15(23)20(27-28)24-21(29)17-8-16(25-26-17)12-5-6-18-19(7-12)31-11-30-18/h1-8,10H,9,11H2,(H,25,26)(H,24,27,29). The number of carbonyl (C=O) groups is 1. The van der Waals surface area contributed by atoms with Gasteiger partial charge in [0.2, 0.25) is 6.79 Å². The summed E-state index contributed by atoms with van der Waals surface area (Å²) < 4.78 is 12.3. The maximum atomic E-state index is 12.7. The van der Waals surface area contributed by atoms with Gasteiger partial charge in [0.05, 0.1) is 12.2 Å². The lowest BCUT2D eigenvalue weighted by Crippen LogP contribution is -2.13. The molecule has 2 N–H and O–H groups in total. The lowest BCUT2D eigenvalue weighted by molar-refractivity contribution is 0.102. The highest BCUT2D eigenvalue weighted by Gasteiger charge is 2.18. The molecular formula is C21H15Cl2N5O3. The van der Waals surface area contributed by atoms with Crippen molar-refractivity contribution in [2.24, 2.45) is 0 Å². The summed E-state index contributed by atoms with van der Waals surface area (Å²) in [4.78, 5) is 12.7. The topological polar surface area (TPSA) is 94.1 Å². The average molecular weight is 456 g/mol. The third kappa shape index (κ3) is 3.95. The zero-order chi connectivity index (χ0) is 21.4. The van der Waals surface area contributed by atoms with E-state index in [9.17, 15) is 4.79 Å². The summed E-state index contributed by atoms with van der Waals surface area (Å²) in [5.41, 5.74) is 2.55. The van der Waals surface area contributed by atoms with Crippen molar-refractivity contribution < 1.29 is 14.3 Å². The van der Waals surface area contributed by atoms with Gasteiger partial charge in [-0.2, -0.15) is 10.2 Å². The highest BCUT2D eigenvalue weighted by molar-refractivity contribution is 6.33. The van der Waals surface area contributed by atoms with Crippen molar-refractivity contribution in [1.82, 2.24) is 20.0 Å². The molecule has 0 atom stereocenters. The third-order valence-electron chi connectivity index (χ3n) is 4.73. The molecular weight excluding hydrogens is 441 g/mol. The molecule has 5 rings (SSSR count). The van der Waals surface area contributed by atoms with Crippen LogP contribution in [-0.4, -0.2) is 32.7 Å². The molecule has 0 unspecified atom stereocenters. The molecule has 1 amide bonds. The second-order valence-electron chi connectivity index (χ2n) is 6.80. The quantitative estimate of drug-likeness (QED) is 0.458. The number of hydrogen-bond acceptors (Lipinski definition) is 5. The second-order valence-corrected chi connectivity index (χ2v) is 7.62. The maximum Gasteiger partial charge on any atom is 0.274 e. The fraction of sp³-hybridized carbons (Fsp3) is 0.0952. The number of aromatic nitrogens is 4. The van der Waals surface area contributed by atoms with Gasteiger partial charge in [-0.3, -0.25) is 14.6 Å². The summed E-state index contributed by atoms with van der Waals surface area (Å²) in [6.07, 6.45) is 1.63. The summed E-state index contributed by atoms with van der Waals surface area (Å²) in [6, 6.07) is 14.6. The number of hydrogen-bond donors (Lipinski definition) is 2. The van der Waals surface area contributed by atoms with Gasteiger partial charge in [0.25, 0.3) is 5.91 Å². The Morgan fingerprint density at radius 1 is 1.10 bits per heavy atom. The molecule has 1 aliphatic heterocycles. The lowest BCUT2D eigenvalue weighted by Gasteiger charge is -2.04. The van der Waals surface area contributed by atoms with E-state index in [0.29, 0.717) is 33.8 Å². The Labute approximate surface area is 186 Å². The van der Waals surface area contributed by atoms with Crippen molar-refractivity contribution in [2.45, 2.75) is 6.54 Å². The molecule has 0 aliphatic carbocycles. The highest BCUT2D eigenvalue weighted by atomic mass is 35.5. The molecule has 156 valence electrons. The number of halogens is 2. The van der Waals surface area contributed by atoms with E-state index in [4.69, 9.17) is 32.7 Å². The molecule has 31 heavy (non-hydrogen) atoms. The smallest absolute Gasteiger partial charge is 0.274 e. The summed E-state index contributed by atoms with van der Waals surface area (Å²) in [6.45, 7) is 0.616. The molecule has 0 radical (unpaired) electrons. The van der Waals surface area contributed by atoms with E-state index in [1.807, 2.05) is 30.3 Å². The number of fused-ring (bicyclic) bond motifs is 1. The Morgan fingerprint density at radius 2 is 1.94 bits per heavy atom. The number of ether oxygens (including phenoxy) is 2. The van der Waals surface area contributed by atoms with Gasteiger partial charge in [-0.25, -0.2) is 0 Å². The van der Waals surface area contributed by atoms with Crippen LogP contribution in [0.15, 0.2) is 54.7 Å². The van der Waals surface area contributed by atoms with Crippen LogP contribution >= 0.6 is 23.2 Å². The number of nitrogens with zero attached hydrogens (tertiary/aromatic N) is 3. The highest BCUT2D eigenvalue weighted by Crippen LogP contribution is 2.35. The van der Waals surface area contributed by atoms with Gasteiger partial charge in [-0.15, -0.1) is 0 Å². The van der Waals surface area contributed by atoms with E-state index in [2.05, 4.69) is 20.6 Å². The Bertz CT molecular complexity index is 1280. The first-order valence-corrected chi connectivity index (χ1v) is 10.1. The van der Waals surface area contributed by atoms with Gasteiger partial charge in [0, 0.05) is 16.8 Å². The Morgan fingerprint density at radius 3 is 2.81 bits per heavy atom. The van der Waals surface area contributed by atoms with Crippen LogP contribution in [0.3, 0.4) is 0 Å². The van der Waals surface area contributed by atoms with Crippen LogP contribution < -0.4 is 14.8 Å². The van der Waals surface area contributed by atoms with Gasteiger partial charge < -0.3 is 14.8 Å². The van der Waals surface area contributed by atoms with E-state index < -0.39 is 5.91 Å². The Balaban J connectivity index is 1.31. The van der Waals surface area contributed by atoms with Gasteiger partial charge in [0.15, 0.2) is 17.3 Å². The summed E-state index contributed by atoms with van der Waals surface area (Å²) >= 11 is 12.5. The molecule has 0 fully saturated rings. The van der Waals surface area contributed by atoms with Crippen molar-refractivity contribution >= 4 is 34.9 Å². The number of H-pyrrole nitrogens is 1. The number of anilines is 1. The van der Waals surface area contributed by atoms with Crippen LogP contribution in [0, 0.1) is 0 Å². The molecule has 0 spiro atoms. The molecule has 8 nitrogen and oxygen atoms in total. The minimum absolute atomic E-state index is 0.191. The molecule has 1 aliphatic rings. The molecule has 0 saturated carbocycles. The molecule has 0 saturated heterocycles. The van der Waals surface area contributed by atoms with Crippen LogP contribution in [0.1, 0.15) is 16.1 Å². The summed E-state index contributed by atoms with van der Waals surface area (Å²) in [5, 5.41) is 14.9. The molecule has 0 bridgehead atoms. The first kappa shape index (κ1) is 19.5. The SMILES string of the molecule is O=C(Nc1nn(Cc2ccccc2Cl)cc1Cl)c1cc(-c2ccc3c(c2)OCO3)n[nH]1. The average Bonchev–Trinajstić information content (AvgIpc) is 3.49. The zero-order valence-corrected chi connectivity index (χ0v) is 17.4. The molecule has 2 aromatic carbocycles.